The number of rotatable bonds is 3. The normalized spacial score (nSPS) is 11.0. The molecule has 0 aliphatic heterocycles. The minimum absolute atomic E-state index is 0.142. The van der Waals surface area contributed by atoms with E-state index in [1.807, 2.05) is 36.4 Å². The first-order chi connectivity index (χ1) is 12.1. The summed E-state index contributed by atoms with van der Waals surface area (Å²) in [7, 11) is 1.60. The van der Waals surface area contributed by atoms with Gasteiger partial charge in [0.25, 0.3) is 5.91 Å². The van der Waals surface area contributed by atoms with Crippen molar-refractivity contribution in [3.8, 4) is 5.75 Å². The topological polar surface area (TPSA) is 51.2 Å². The molecule has 0 spiro atoms. The van der Waals surface area contributed by atoms with Crippen molar-refractivity contribution >= 4 is 44.1 Å². The molecule has 0 atom stereocenters. The first kappa shape index (κ1) is 15.6. The molecule has 0 saturated carbocycles. The van der Waals surface area contributed by atoms with Gasteiger partial charge in [-0.3, -0.25) is 4.79 Å². The van der Waals surface area contributed by atoms with Crippen LogP contribution < -0.4 is 10.1 Å². The Balaban J connectivity index is 1.68. The molecule has 4 rings (SSSR count). The third-order valence-electron chi connectivity index (χ3n) is 4.01. The molecular formula is C20H16N2O2S. The van der Waals surface area contributed by atoms with Crippen LogP contribution in [0.3, 0.4) is 0 Å². The van der Waals surface area contributed by atoms with E-state index in [2.05, 4.69) is 29.4 Å². The number of hydrogen-bond donors (Lipinski definition) is 1. The van der Waals surface area contributed by atoms with Crippen molar-refractivity contribution in [2.24, 2.45) is 0 Å². The van der Waals surface area contributed by atoms with Crippen LogP contribution in [0.2, 0.25) is 0 Å². The average Bonchev–Trinajstić information content (AvgIpc) is 3.03. The average molecular weight is 348 g/mol. The van der Waals surface area contributed by atoms with Crippen LogP contribution in [0.15, 0.2) is 54.6 Å². The van der Waals surface area contributed by atoms with Crippen molar-refractivity contribution in [2.45, 2.75) is 6.92 Å². The van der Waals surface area contributed by atoms with Crippen LogP contribution >= 0.6 is 11.3 Å². The number of carbonyl (C=O) groups excluding carboxylic acids is 1. The molecule has 0 bridgehead atoms. The number of fused-ring (bicyclic) bond motifs is 2. The molecule has 5 heteroatoms. The summed E-state index contributed by atoms with van der Waals surface area (Å²) in [5.74, 6) is 0.564. The Morgan fingerprint density at radius 2 is 1.96 bits per heavy atom. The Morgan fingerprint density at radius 1 is 1.08 bits per heavy atom. The molecule has 0 unspecified atom stereocenters. The second kappa shape index (κ2) is 6.18. The predicted molar refractivity (Wildman–Crippen MR) is 103 cm³/mol. The molecule has 124 valence electrons. The molecule has 2 aromatic heterocycles. The Morgan fingerprint density at radius 3 is 2.80 bits per heavy atom. The zero-order valence-corrected chi connectivity index (χ0v) is 14.7. The number of amides is 1. The lowest BCUT2D eigenvalue weighted by atomic mass is 10.1. The fourth-order valence-electron chi connectivity index (χ4n) is 2.76. The predicted octanol–water partition coefficient (Wildman–Crippen LogP) is 5.02. The van der Waals surface area contributed by atoms with Gasteiger partial charge in [0.05, 0.1) is 17.5 Å². The number of carbonyl (C=O) groups is 1. The van der Waals surface area contributed by atoms with Crippen molar-refractivity contribution in [3.05, 3.63) is 65.0 Å². The van der Waals surface area contributed by atoms with E-state index >= 15 is 0 Å². The molecule has 0 fully saturated rings. The Bertz CT molecular complexity index is 1100. The number of hydrogen-bond acceptors (Lipinski definition) is 4. The largest absolute Gasteiger partial charge is 0.497 e. The van der Waals surface area contributed by atoms with E-state index in [9.17, 15) is 4.79 Å². The van der Waals surface area contributed by atoms with Crippen molar-refractivity contribution in [1.82, 2.24) is 4.98 Å². The van der Waals surface area contributed by atoms with Crippen LogP contribution in [-0.4, -0.2) is 18.0 Å². The summed E-state index contributed by atoms with van der Waals surface area (Å²) >= 11 is 1.40. The highest BCUT2D eigenvalue weighted by atomic mass is 32.1. The van der Waals surface area contributed by atoms with E-state index in [0.29, 0.717) is 16.3 Å². The standard InChI is InChI=1S/C20H16N2O2S/c1-12-6-7-17-13(8-12)9-14-10-18(25-20(14)22-17)19(23)21-15-4-3-5-16(11-15)24-2/h3-11H,1-2H3,(H,21,23). The van der Waals surface area contributed by atoms with E-state index in [-0.39, 0.29) is 5.91 Å². The van der Waals surface area contributed by atoms with E-state index in [0.717, 1.165) is 21.1 Å². The van der Waals surface area contributed by atoms with Gasteiger partial charge in [-0.25, -0.2) is 4.98 Å². The second-order valence-electron chi connectivity index (χ2n) is 5.88. The summed E-state index contributed by atoms with van der Waals surface area (Å²) in [6, 6.07) is 17.5. The summed E-state index contributed by atoms with van der Waals surface area (Å²) in [5.41, 5.74) is 2.84. The molecule has 25 heavy (non-hydrogen) atoms. The maximum absolute atomic E-state index is 12.6. The van der Waals surface area contributed by atoms with Crippen molar-refractivity contribution < 1.29 is 9.53 Å². The summed E-state index contributed by atoms with van der Waals surface area (Å²) in [5, 5.41) is 4.98. The lowest BCUT2D eigenvalue weighted by Gasteiger charge is -2.05. The molecule has 0 radical (unpaired) electrons. The number of ether oxygens (including phenoxy) is 1. The minimum Gasteiger partial charge on any atom is -0.497 e. The maximum atomic E-state index is 12.6. The fraction of sp³-hybridized carbons (Fsp3) is 0.100. The SMILES string of the molecule is COc1cccc(NC(=O)c2cc3cc4cc(C)ccc4nc3s2)c1. The minimum atomic E-state index is -0.142. The second-order valence-corrected chi connectivity index (χ2v) is 6.91. The lowest BCUT2D eigenvalue weighted by molar-refractivity contribution is 0.103. The van der Waals surface area contributed by atoms with Crippen LogP contribution in [0.1, 0.15) is 15.2 Å². The number of benzene rings is 2. The smallest absolute Gasteiger partial charge is 0.265 e. The third-order valence-corrected chi connectivity index (χ3v) is 5.05. The van der Waals surface area contributed by atoms with Crippen LogP contribution in [0.5, 0.6) is 5.75 Å². The van der Waals surface area contributed by atoms with Crippen molar-refractivity contribution in [2.75, 3.05) is 12.4 Å². The van der Waals surface area contributed by atoms with Crippen LogP contribution in [0.4, 0.5) is 5.69 Å². The number of aryl methyl sites for hydroxylation is 1. The Hall–Kier alpha value is -2.92. The molecule has 0 aliphatic rings. The van der Waals surface area contributed by atoms with Crippen molar-refractivity contribution in [1.29, 1.82) is 0 Å². The first-order valence-electron chi connectivity index (χ1n) is 7.89. The summed E-state index contributed by atoms with van der Waals surface area (Å²) in [6.07, 6.45) is 0. The zero-order chi connectivity index (χ0) is 17.4. The molecule has 1 N–H and O–H groups in total. The van der Waals surface area contributed by atoms with E-state index in [1.54, 1.807) is 13.2 Å². The van der Waals surface area contributed by atoms with Gasteiger partial charge in [-0.15, -0.1) is 11.3 Å². The van der Waals surface area contributed by atoms with E-state index < -0.39 is 0 Å². The zero-order valence-electron chi connectivity index (χ0n) is 13.9. The molecular weight excluding hydrogens is 332 g/mol. The molecule has 4 aromatic rings. The number of methoxy groups -OCH3 is 1. The van der Waals surface area contributed by atoms with Gasteiger partial charge < -0.3 is 10.1 Å². The number of anilines is 1. The molecule has 2 aromatic carbocycles. The fourth-order valence-corrected chi connectivity index (χ4v) is 3.68. The number of nitrogens with one attached hydrogen (secondary N) is 1. The number of pyridine rings is 1. The summed E-state index contributed by atoms with van der Waals surface area (Å²) in [6.45, 7) is 2.06. The van der Waals surface area contributed by atoms with Gasteiger partial charge in [-0.2, -0.15) is 0 Å². The maximum Gasteiger partial charge on any atom is 0.265 e. The molecule has 0 aliphatic carbocycles. The lowest BCUT2D eigenvalue weighted by Crippen LogP contribution is -2.09. The van der Waals surface area contributed by atoms with E-state index in [1.165, 1.54) is 16.9 Å². The van der Waals surface area contributed by atoms with Gasteiger partial charge >= 0.3 is 0 Å². The van der Waals surface area contributed by atoms with Gasteiger partial charge in [-0.1, -0.05) is 17.7 Å². The first-order valence-corrected chi connectivity index (χ1v) is 8.70. The monoisotopic (exact) mass is 348 g/mol. The highest BCUT2D eigenvalue weighted by molar-refractivity contribution is 7.20. The highest BCUT2D eigenvalue weighted by Crippen LogP contribution is 2.28. The number of thiophene rings is 1. The molecule has 4 nitrogen and oxygen atoms in total. The van der Waals surface area contributed by atoms with Crippen LogP contribution in [0.25, 0.3) is 21.1 Å². The van der Waals surface area contributed by atoms with E-state index in [4.69, 9.17) is 4.74 Å². The number of nitrogens with zero attached hydrogens (tertiary/aromatic N) is 1. The molecule has 1 amide bonds. The Kier molecular flexibility index (Phi) is 3.86. The van der Waals surface area contributed by atoms with Gasteiger partial charge in [0.2, 0.25) is 0 Å². The third kappa shape index (κ3) is 3.06. The van der Waals surface area contributed by atoms with Gasteiger partial charge in [0.1, 0.15) is 10.6 Å². The van der Waals surface area contributed by atoms with Crippen LogP contribution in [-0.2, 0) is 0 Å². The molecule has 2 heterocycles. The van der Waals surface area contributed by atoms with Crippen LogP contribution in [0, 0.1) is 6.92 Å². The van der Waals surface area contributed by atoms with Gasteiger partial charge in [0.15, 0.2) is 0 Å². The quantitative estimate of drug-likeness (QED) is 0.566. The van der Waals surface area contributed by atoms with Crippen molar-refractivity contribution in [3.63, 3.8) is 0 Å². The summed E-state index contributed by atoms with van der Waals surface area (Å²) in [4.78, 5) is 18.7. The highest BCUT2D eigenvalue weighted by Gasteiger charge is 2.12. The van der Waals surface area contributed by atoms with Gasteiger partial charge in [-0.05, 0) is 43.3 Å². The molecule has 0 saturated heterocycles. The summed E-state index contributed by atoms with van der Waals surface area (Å²) < 4.78 is 5.19. The Labute approximate surface area is 149 Å². The van der Waals surface area contributed by atoms with Gasteiger partial charge in [0, 0.05) is 22.5 Å². The number of aromatic nitrogens is 1.